The molecule has 1 fully saturated rings. The van der Waals surface area contributed by atoms with Crippen molar-refractivity contribution in [3.63, 3.8) is 0 Å². The highest BCUT2D eigenvalue weighted by atomic mass is 16.6. The molecule has 0 bridgehead atoms. The standard InChI is InChI=1S/C21H37N7O2/c1-6-12-28(20(29)30-21(3,4)5)13-11-25-18(22-7-2)26-14-16-27(17-15-26)19-23-9-8-10-24-19/h8-10H,6-7,11-17H2,1-5H3,(H,22,25). The second kappa shape index (κ2) is 11.6. The number of hydrogen-bond donors (Lipinski definition) is 1. The van der Waals surface area contributed by atoms with Crippen molar-refractivity contribution in [2.45, 2.75) is 46.6 Å². The lowest BCUT2D eigenvalue weighted by Crippen LogP contribution is -2.53. The van der Waals surface area contributed by atoms with Crippen molar-refractivity contribution in [1.82, 2.24) is 25.1 Å². The van der Waals surface area contributed by atoms with E-state index in [0.29, 0.717) is 19.6 Å². The van der Waals surface area contributed by atoms with E-state index in [9.17, 15) is 4.79 Å². The van der Waals surface area contributed by atoms with Crippen LogP contribution < -0.4 is 10.2 Å². The van der Waals surface area contributed by atoms with Crippen LogP contribution in [0, 0.1) is 0 Å². The molecule has 0 unspecified atom stereocenters. The van der Waals surface area contributed by atoms with Gasteiger partial charge in [-0.2, -0.15) is 0 Å². The number of hydrogen-bond acceptors (Lipinski definition) is 6. The van der Waals surface area contributed by atoms with Gasteiger partial charge in [0.2, 0.25) is 5.95 Å². The van der Waals surface area contributed by atoms with Gasteiger partial charge in [-0.05, 0) is 40.2 Å². The van der Waals surface area contributed by atoms with Crippen molar-refractivity contribution in [3.8, 4) is 0 Å². The monoisotopic (exact) mass is 419 g/mol. The molecule has 9 heteroatoms. The number of aromatic nitrogens is 2. The summed E-state index contributed by atoms with van der Waals surface area (Å²) in [5.74, 6) is 1.65. The van der Waals surface area contributed by atoms with Gasteiger partial charge < -0.3 is 24.8 Å². The molecule has 0 aromatic carbocycles. The summed E-state index contributed by atoms with van der Waals surface area (Å²) in [5, 5.41) is 3.37. The van der Waals surface area contributed by atoms with Crippen LogP contribution in [0.4, 0.5) is 10.7 Å². The molecule has 168 valence electrons. The highest BCUT2D eigenvalue weighted by Crippen LogP contribution is 2.11. The summed E-state index contributed by atoms with van der Waals surface area (Å²) in [4.78, 5) is 32.1. The molecular formula is C21H37N7O2. The van der Waals surface area contributed by atoms with E-state index in [1.807, 2.05) is 26.8 Å². The predicted octanol–water partition coefficient (Wildman–Crippen LogP) is 2.21. The third-order valence-corrected chi connectivity index (χ3v) is 4.53. The molecule has 0 spiro atoms. The molecule has 1 aromatic rings. The van der Waals surface area contributed by atoms with Gasteiger partial charge in [-0.1, -0.05) is 6.92 Å². The maximum absolute atomic E-state index is 12.4. The second-order valence-electron chi connectivity index (χ2n) is 8.23. The topological polar surface area (TPSA) is 86.2 Å². The van der Waals surface area contributed by atoms with Crippen molar-refractivity contribution in [2.24, 2.45) is 4.99 Å². The van der Waals surface area contributed by atoms with E-state index >= 15 is 0 Å². The zero-order valence-corrected chi connectivity index (χ0v) is 19.1. The van der Waals surface area contributed by atoms with Crippen molar-refractivity contribution in [1.29, 1.82) is 0 Å². The highest BCUT2D eigenvalue weighted by Gasteiger charge is 2.23. The van der Waals surface area contributed by atoms with Crippen LogP contribution in [0.5, 0.6) is 0 Å². The Morgan fingerprint density at radius 1 is 1.17 bits per heavy atom. The van der Waals surface area contributed by atoms with E-state index in [1.54, 1.807) is 17.3 Å². The second-order valence-corrected chi connectivity index (χ2v) is 8.23. The Bertz CT molecular complexity index is 668. The van der Waals surface area contributed by atoms with E-state index < -0.39 is 5.60 Å². The first kappa shape index (κ1) is 23.7. The summed E-state index contributed by atoms with van der Waals surface area (Å²) in [6.45, 7) is 15.7. The number of carbonyl (C=O) groups is 1. The molecule has 1 aromatic heterocycles. The summed E-state index contributed by atoms with van der Waals surface area (Å²) in [6, 6.07) is 1.83. The van der Waals surface area contributed by atoms with E-state index in [4.69, 9.17) is 9.73 Å². The minimum absolute atomic E-state index is 0.277. The molecule has 0 aliphatic carbocycles. The molecular weight excluding hydrogens is 382 g/mol. The van der Waals surface area contributed by atoms with Crippen LogP contribution in [0.3, 0.4) is 0 Å². The predicted molar refractivity (Wildman–Crippen MR) is 120 cm³/mol. The number of carbonyl (C=O) groups excluding carboxylic acids is 1. The number of rotatable bonds is 7. The van der Waals surface area contributed by atoms with Gasteiger partial charge in [-0.25, -0.2) is 14.8 Å². The zero-order valence-electron chi connectivity index (χ0n) is 19.1. The van der Waals surface area contributed by atoms with Crippen LogP contribution in [-0.2, 0) is 4.74 Å². The lowest BCUT2D eigenvalue weighted by atomic mass is 10.2. The summed E-state index contributed by atoms with van der Waals surface area (Å²) >= 11 is 0. The molecule has 1 saturated heterocycles. The summed E-state index contributed by atoms with van der Waals surface area (Å²) in [6.07, 6.45) is 4.15. The lowest BCUT2D eigenvalue weighted by Gasteiger charge is -2.36. The smallest absolute Gasteiger partial charge is 0.410 e. The number of nitrogens with zero attached hydrogens (tertiary/aromatic N) is 6. The van der Waals surface area contributed by atoms with Crippen LogP contribution in [0.2, 0.25) is 0 Å². The molecule has 9 nitrogen and oxygen atoms in total. The molecule has 0 radical (unpaired) electrons. The molecule has 0 atom stereocenters. The average molecular weight is 420 g/mol. The number of aliphatic imine (C=N–C) groups is 1. The van der Waals surface area contributed by atoms with Crippen LogP contribution in [0.1, 0.15) is 41.0 Å². The van der Waals surface area contributed by atoms with Gasteiger partial charge in [-0.15, -0.1) is 0 Å². The molecule has 2 rings (SSSR count). The van der Waals surface area contributed by atoms with Gasteiger partial charge in [0.1, 0.15) is 5.60 Å². The molecule has 1 N–H and O–H groups in total. The minimum Gasteiger partial charge on any atom is -0.444 e. The fraction of sp³-hybridized carbons (Fsp3) is 0.714. The summed E-state index contributed by atoms with van der Waals surface area (Å²) in [7, 11) is 0. The zero-order chi connectivity index (χ0) is 22.0. The fourth-order valence-corrected chi connectivity index (χ4v) is 3.17. The first-order valence-electron chi connectivity index (χ1n) is 10.9. The SMILES string of the molecule is CCCN(CCN=C(NCC)N1CCN(c2ncccn2)CC1)C(=O)OC(C)(C)C. The van der Waals surface area contributed by atoms with Crippen LogP contribution in [0.15, 0.2) is 23.5 Å². The molecule has 1 aliphatic heterocycles. The molecule has 2 heterocycles. The van der Waals surface area contributed by atoms with E-state index in [-0.39, 0.29) is 6.09 Å². The van der Waals surface area contributed by atoms with Crippen molar-refractivity contribution in [2.75, 3.05) is 57.3 Å². The van der Waals surface area contributed by atoms with Gasteiger partial charge in [0.15, 0.2) is 5.96 Å². The maximum Gasteiger partial charge on any atom is 0.410 e. The third-order valence-electron chi connectivity index (χ3n) is 4.53. The first-order valence-corrected chi connectivity index (χ1v) is 10.9. The Balaban J connectivity index is 1.92. The molecule has 0 saturated carbocycles. The van der Waals surface area contributed by atoms with Crippen molar-refractivity contribution in [3.05, 3.63) is 18.5 Å². The van der Waals surface area contributed by atoms with Gasteiger partial charge >= 0.3 is 6.09 Å². The summed E-state index contributed by atoms with van der Waals surface area (Å²) in [5.41, 5.74) is -0.497. The highest BCUT2D eigenvalue weighted by molar-refractivity contribution is 5.80. The Kier molecular flexibility index (Phi) is 9.14. The Morgan fingerprint density at radius 3 is 2.40 bits per heavy atom. The normalized spacial score (nSPS) is 15.2. The first-order chi connectivity index (χ1) is 14.3. The van der Waals surface area contributed by atoms with Crippen molar-refractivity contribution < 1.29 is 9.53 Å². The van der Waals surface area contributed by atoms with Crippen molar-refractivity contribution >= 4 is 18.0 Å². The quantitative estimate of drug-likeness (QED) is 0.536. The van der Waals surface area contributed by atoms with E-state index in [1.165, 1.54) is 0 Å². The minimum atomic E-state index is -0.497. The summed E-state index contributed by atoms with van der Waals surface area (Å²) < 4.78 is 5.52. The molecule has 1 amide bonds. The number of ether oxygens (including phenoxy) is 1. The Labute approximate surface area is 180 Å². The molecule has 30 heavy (non-hydrogen) atoms. The van der Waals surface area contributed by atoms with Crippen LogP contribution in [-0.4, -0.2) is 89.8 Å². The van der Waals surface area contributed by atoms with Gasteiger partial charge in [0.05, 0.1) is 6.54 Å². The molecule has 1 aliphatic rings. The largest absolute Gasteiger partial charge is 0.444 e. The maximum atomic E-state index is 12.4. The lowest BCUT2D eigenvalue weighted by molar-refractivity contribution is 0.0255. The van der Waals surface area contributed by atoms with E-state index in [2.05, 4.69) is 38.9 Å². The number of guanidine groups is 1. The van der Waals surface area contributed by atoms with E-state index in [0.717, 1.165) is 51.1 Å². The third kappa shape index (κ3) is 7.68. The number of anilines is 1. The van der Waals surface area contributed by atoms with Gasteiger partial charge in [0.25, 0.3) is 0 Å². The fourth-order valence-electron chi connectivity index (χ4n) is 3.17. The van der Waals surface area contributed by atoms with Gasteiger partial charge in [0, 0.05) is 58.2 Å². The number of piperazine rings is 1. The van der Waals surface area contributed by atoms with Crippen LogP contribution in [0.25, 0.3) is 0 Å². The number of nitrogens with one attached hydrogen (secondary N) is 1. The number of amides is 1. The average Bonchev–Trinajstić information content (AvgIpc) is 2.72. The Hall–Kier alpha value is -2.58. The van der Waals surface area contributed by atoms with Gasteiger partial charge in [-0.3, -0.25) is 4.99 Å². The van der Waals surface area contributed by atoms with Crippen LogP contribution >= 0.6 is 0 Å². The Morgan fingerprint density at radius 2 is 1.83 bits per heavy atom.